The normalized spacial score (nSPS) is 14.9. The molecule has 0 saturated carbocycles. The highest BCUT2D eigenvalue weighted by atomic mass is 32.1. The van der Waals surface area contributed by atoms with Gasteiger partial charge in [0.1, 0.15) is 5.75 Å². The molecular weight excluding hydrogens is 382 g/mol. The van der Waals surface area contributed by atoms with E-state index in [-0.39, 0.29) is 0 Å². The van der Waals surface area contributed by atoms with Crippen molar-refractivity contribution in [3.8, 4) is 5.75 Å². The van der Waals surface area contributed by atoms with Gasteiger partial charge in [0.25, 0.3) is 0 Å². The van der Waals surface area contributed by atoms with E-state index in [1.807, 2.05) is 41.8 Å². The van der Waals surface area contributed by atoms with Crippen molar-refractivity contribution in [3.05, 3.63) is 57.9 Å². The zero-order valence-corrected chi connectivity index (χ0v) is 17.9. The maximum absolute atomic E-state index is 12.0. The summed E-state index contributed by atoms with van der Waals surface area (Å²) in [7, 11) is 0. The van der Waals surface area contributed by atoms with Gasteiger partial charge in [-0.3, -0.25) is 0 Å². The lowest BCUT2D eigenvalue weighted by atomic mass is 10.1. The van der Waals surface area contributed by atoms with Gasteiger partial charge in [0.2, 0.25) is 5.90 Å². The fourth-order valence-electron chi connectivity index (χ4n) is 3.16. The molecule has 4 nitrogen and oxygen atoms in total. The number of carbonyl (C=O) groups is 1. The van der Waals surface area contributed by atoms with E-state index in [1.165, 1.54) is 44.9 Å². The SMILES string of the molecule is CCCCCCCCCCOc1ccc(C2=N/C(=C\c3cccs3)C(=O)O2)cc1. The van der Waals surface area contributed by atoms with Gasteiger partial charge in [-0.05, 0) is 48.2 Å². The molecule has 2 aromatic rings. The van der Waals surface area contributed by atoms with Gasteiger partial charge in [-0.15, -0.1) is 11.3 Å². The van der Waals surface area contributed by atoms with Crippen molar-refractivity contribution in [2.45, 2.75) is 58.3 Å². The van der Waals surface area contributed by atoms with E-state index in [0.717, 1.165) is 29.2 Å². The molecule has 1 aromatic heterocycles. The molecule has 0 amide bonds. The largest absolute Gasteiger partial charge is 0.494 e. The van der Waals surface area contributed by atoms with E-state index in [2.05, 4.69) is 11.9 Å². The van der Waals surface area contributed by atoms with Crippen LogP contribution in [0.3, 0.4) is 0 Å². The first-order valence-corrected chi connectivity index (χ1v) is 11.4. The fourth-order valence-corrected chi connectivity index (χ4v) is 3.81. The van der Waals surface area contributed by atoms with E-state index >= 15 is 0 Å². The molecule has 0 radical (unpaired) electrons. The molecule has 0 fully saturated rings. The van der Waals surface area contributed by atoms with Crippen LogP contribution in [0.15, 0.2) is 52.5 Å². The summed E-state index contributed by atoms with van der Waals surface area (Å²) in [6.45, 7) is 2.98. The van der Waals surface area contributed by atoms with Crippen LogP contribution in [0.5, 0.6) is 5.75 Å². The average Bonchev–Trinajstić information content (AvgIpc) is 3.38. The van der Waals surface area contributed by atoms with Crippen LogP contribution < -0.4 is 4.74 Å². The van der Waals surface area contributed by atoms with Crippen LogP contribution in [-0.4, -0.2) is 18.5 Å². The van der Waals surface area contributed by atoms with E-state index < -0.39 is 5.97 Å². The summed E-state index contributed by atoms with van der Waals surface area (Å²) < 4.78 is 11.1. The van der Waals surface area contributed by atoms with Crippen molar-refractivity contribution in [1.82, 2.24) is 0 Å². The molecule has 0 spiro atoms. The van der Waals surface area contributed by atoms with Crippen LogP contribution in [0.2, 0.25) is 0 Å². The van der Waals surface area contributed by atoms with Crippen molar-refractivity contribution in [1.29, 1.82) is 0 Å². The molecule has 0 atom stereocenters. The van der Waals surface area contributed by atoms with E-state index in [1.54, 1.807) is 17.4 Å². The third-order valence-corrected chi connectivity index (χ3v) is 5.63. The van der Waals surface area contributed by atoms with Gasteiger partial charge in [-0.25, -0.2) is 9.79 Å². The number of ether oxygens (including phenoxy) is 2. The third kappa shape index (κ3) is 6.86. The minimum Gasteiger partial charge on any atom is -0.494 e. The second kappa shape index (κ2) is 11.6. The molecule has 1 aliphatic heterocycles. The molecule has 3 rings (SSSR count). The van der Waals surface area contributed by atoms with Gasteiger partial charge in [-0.2, -0.15) is 0 Å². The Bertz CT molecular complexity index is 822. The summed E-state index contributed by atoms with van der Waals surface area (Å²) in [6, 6.07) is 11.4. The standard InChI is InChI=1S/C24H29NO3S/c1-2-3-4-5-6-7-8-9-16-27-20-14-12-19(13-15-20)23-25-22(24(26)28-23)18-21-11-10-17-29-21/h10-15,17-18H,2-9,16H2,1H3/b22-18-. The molecule has 0 N–H and O–H groups in total. The number of nitrogens with zero attached hydrogens (tertiary/aromatic N) is 1. The Morgan fingerprint density at radius 3 is 2.41 bits per heavy atom. The molecule has 29 heavy (non-hydrogen) atoms. The number of esters is 1. The molecule has 0 aliphatic carbocycles. The van der Waals surface area contributed by atoms with E-state index in [0.29, 0.717) is 11.6 Å². The lowest BCUT2D eigenvalue weighted by Gasteiger charge is -2.07. The lowest BCUT2D eigenvalue weighted by Crippen LogP contribution is -2.05. The summed E-state index contributed by atoms with van der Waals surface area (Å²) >= 11 is 1.56. The zero-order valence-electron chi connectivity index (χ0n) is 17.1. The smallest absolute Gasteiger partial charge is 0.363 e. The number of carbonyl (C=O) groups excluding carboxylic acids is 1. The summed E-state index contributed by atoms with van der Waals surface area (Å²) in [6.07, 6.45) is 12.1. The molecule has 2 heterocycles. The van der Waals surface area contributed by atoms with Gasteiger partial charge in [0, 0.05) is 10.4 Å². The Kier molecular flexibility index (Phi) is 8.50. The highest BCUT2D eigenvalue weighted by Crippen LogP contribution is 2.22. The first kappa shape index (κ1) is 21.3. The number of rotatable bonds is 12. The molecule has 1 aliphatic rings. The topological polar surface area (TPSA) is 47.9 Å². The summed E-state index contributed by atoms with van der Waals surface area (Å²) in [5, 5.41) is 1.96. The molecule has 0 saturated heterocycles. The molecule has 5 heteroatoms. The van der Waals surface area contributed by atoms with Crippen LogP contribution in [-0.2, 0) is 9.53 Å². The maximum atomic E-state index is 12.0. The second-order valence-electron chi connectivity index (χ2n) is 7.20. The van der Waals surface area contributed by atoms with Crippen LogP contribution in [0.4, 0.5) is 0 Å². The Morgan fingerprint density at radius 1 is 1.00 bits per heavy atom. The number of thiophene rings is 1. The second-order valence-corrected chi connectivity index (χ2v) is 8.18. The third-order valence-electron chi connectivity index (χ3n) is 4.81. The van der Waals surface area contributed by atoms with Crippen LogP contribution in [0.25, 0.3) is 6.08 Å². The number of cyclic esters (lactones) is 1. The zero-order chi connectivity index (χ0) is 20.3. The van der Waals surface area contributed by atoms with Gasteiger partial charge in [0.15, 0.2) is 5.70 Å². The Labute approximate surface area is 177 Å². The molecule has 0 unspecified atom stereocenters. The molecule has 0 bridgehead atoms. The molecule has 154 valence electrons. The Balaban J connectivity index is 1.42. The minimum atomic E-state index is -0.413. The van der Waals surface area contributed by atoms with Crippen molar-refractivity contribution in [2.75, 3.05) is 6.61 Å². The predicted molar refractivity (Wildman–Crippen MR) is 119 cm³/mol. The molecular formula is C24H29NO3S. The van der Waals surface area contributed by atoms with Crippen molar-refractivity contribution in [2.24, 2.45) is 4.99 Å². The quantitative estimate of drug-likeness (QED) is 0.224. The minimum absolute atomic E-state index is 0.331. The average molecular weight is 412 g/mol. The monoisotopic (exact) mass is 411 g/mol. The van der Waals surface area contributed by atoms with Crippen LogP contribution in [0, 0.1) is 0 Å². The van der Waals surface area contributed by atoms with Crippen LogP contribution in [0.1, 0.15) is 68.7 Å². The first-order valence-electron chi connectivity index (χ1n) is 10.6. The highest BCUT2D eigenvalue weighted by Gasteiger charge is 2.24. The van der Waals surface area contributed by atoms with E-state index in [9.17, 15) is 4.79 Å². The van der Waals surface area contributed by atoms with E-state index in [4.69, 9.17) is 9.47 Å². The number of benzene rings is 1. The van der Waals surface area contributed by atoms with Gasteiger partial charge < -0.3 is 9.47 Å². The Morgan fingerprint density at radius 2 is 1.72 bits per heavy atom. The number of hydrogen-bond acceptors (Lipinski definition) is 5. The van der Waals surface area contributed by atoms with Crippen molar-refractivity contribution in [3.63, 3.8) is 0 Å². The van der Waals surface area contributed by atoms with Gasteiger partial charge in [-0.1, -0.05) is 57.9 Å². The van der Waals surface area contributed by atoms with Crippen molar-refractivity contribution >= 4 is 29.3 Å². The van der Waals surface area contributed by atoms with Crippen LogP contribution >= 0.6 is 11.3 Å². The summed E-state index contributed by atoms with van der Waals surface area (Å²) in [5.74, 6) is 0.756. The maximum Gasteiger partial charge on any atom is 0.363 e. The fraction of sp³-hybridized carbons (Fsp3) is 0.417. The summed E-state index contributed by atoms with van der Waals surface area (Å²) in [4.78, 5) is 17.3. The predicted octanol–water partition coefficient (Wildman–Crippen LogP) is 6.61. The number of aliphatic imine (C=N–C) groups is 1. The van der Waals surface area contributed by atoms with Gasteiger partial charge >= 0.3 is 5.97 Å². The Hall–Kier alpha value is -2.40. The lowest BCUT2D eigenvalue weighted by molar-refractivity contribution is -0.129. The number of unbranched alkanes of at least 4 members (excludes halogenated alkanes) is 7. The van der Waals surface area contributed by atoms with Crippen molar-refractivity contribution < 1.29 is 14.3 Å². The first-order chi connectivity index (χ1) is 14.3. The molecule has 1 aromatic carbocycles. The number of hydrogen-bond donors (Lipinski definition) is 0. The highest BCUT2D eigenvalue weighted by molar-refractivity contribution is 7.10. The summed E-state index contributed by atoms with van der Waals surface area (Å²) in [5.41, 5.74) is 1.10. The van der Waals surface area contributed by atoms with Gasteiger partial charge in [0.05, 0.1) is 6.61 Å².